The molecule has 1 aliphatic rings. The molecule has 1 fully saturated rings. The molecular formula is C9H18O2. The van der Waals surface area contributed by atoms with E-state index < -0.39 is 0 Å². The van der Waals surface area contributed by atoms with Gasteiger partial charge in [0.1, 0.15) is 0 Å². The molecule has 0 radical (unpaired) electrons. The van der Waals surface area contributed by atoms with E-state index in [0.29, 0.717) is 6.61 Å². The first kappa shape index (κ1) is 9.01. The molecule has 0 aromatic carbocycles. The zero-order chi connectivity index (χ0) is 8.54. The molecule has 0 aromatic heterocycles. The van der Waals surface area contributed by atoms with Crippen LogP contribution >= 0.6 is 0 Å². The molecular weight excluding hydrogens is 140 g/mol. The summed E-state index contributed by atoms with van der Waals surface area (Å²) in [6, 6.07) is 0. The van der Waals surface area contributed by atoms with E-state index in [1.54, 1.807) is 0 Å². The average molecular weight is 158 g/mol. The van der Waals surface area contributed by atoms with Gasteiger partial charge in [0.2, 0.25) is 0 Å². The Kier molecular flexibility index (Phi) is 2.26. The van der Waals surface area contributed by atoms with Gasteiger partial charge in [0.25, 0.3) is 0 Å². The number of aliphatic hydroxyl groups excluding tert-OH is 1. The molecule has 2 nitrogen and oxygen atoms in total. The second-order valence-corrected chi connectivity index (χ2v) is 4.24. The molecule has 0 bridgehead atoms. The van der Waals surface area contributed by atoms with E-state index in [0.717, 1.165) is 12.8 Å². The lowest BCUT2D eigenvalue weighted by molar-refractivity contribution is 0.0258. The first-order valence-electron chi connectivity index (χ1n) is 4.28. The van der Waals surface area contributed by atoms with Crippen LogP contribution in [0.15, 0.2) is 0 Å². The summed E-state index contributed by atoms with van der Waals surface area (Å²) in [5.74, 6) is 0. The van der Waals surface area contributed by atoms with E-state index in [-0.39, 0.29) is 17.6 Å². The van der Waals surface area contributed by atoms with E-state index in [9.17, 15) is 0 Å². The lowest BCUT2D eigenvalue weighted by Gasteiger charge is -2.24. The fourth-order valence-corrected chi connectivity index (χ4v) is 1.79. The van der Waals surface area contributed by atoms with Gasteiger partial charge in [-0.3, -0.25) is 0 Å². The van der Waals surface area contributed by atoms with Crippen LogP contribution in [0.4, 0.5) is 0 Å². The SMILES string of the molecule is CCC1(CO)COC(C)(C)C1. The van der Waals surface area contributed by atoms with Crippen molar-refractivity contribution in [2.24, 2.45) is 5.41 Å². The van der Waals surface area contributed by atoms with Gasteiger partial charge in [-0.05, 0) is 26.7 Å². The molecule has 0 saturated carbocycles. The Labute approximate surface area is 68.6 Å². The van der Waals surface area contributed by atoms with Crippen LogP contribution in [0.25, 0.3) is 0 Å². The minimum atomic E-state index is -0.0290. The molecule has 11 heavy (non-hydrogen) atoms. The summed E-state index contributed by atoms with van der Waals surface area (Å²) in [5.41, 5.74) is 0.0161. The maximum atomic E-state index is 9.17. The lowest BCUT2D eigenvalue weighted by atomic mass is 9.80. The van der Waals surface area contributed by atoms with E-state index >= 15 is 0 Å². The predicted molar refractivity (Wildman–Crippen MR) is 44.5 cm³/mol. The molecule has 0 aliphatic carbocycles. The van der Waals surface area contributed by atoms with Crippen LogP contribution in [0, 0.1) is 5.41 Å². The largest absolute Gasteiger partial charge is 0.396 e. The van der Waals surface area contributed by atoms with Crippen molar-refractivity contribution in [1.29, 1.82) is 0 Å². The maximum Gasteiger partial charge on any atom is 0.0633 e. The van der Waals surface area contributed by atoms with Crippen LogP contribution in [0.1, 0.15) is 33.6 Å². The van der Waals surface area contributed by atoms with Crippen LogP contribution in [0.2, 0.25) is 0 Å². The molecule has 1 N–H and O–H groups in total. The van der Waals surface area contributed by atoms with E-state index in [4.69, 9.17) is 9.84 Å². The standard InChI is InChI=1S/C9H18O2/c1-4-9(6-10)5-8(2,3)11-7-9/h10H,4-7H2,1-3H3. The summed E-state index contributed by atoms with van der Waals surface area (Å²) in [6.07, 6.45) is 1.99. The normalized spacial score (nSPS) is 36.0. The highest BCUT2D eigenvalue weighted by Gasteiger charge is 2.42. The van der Waals surface area contributed by atoms with E-state index in [2.05, 4.69) is 20.8 Å². The first-order chi connectivity index (χ1) is 5.04. The average Bonchev–Trinajstić information content (AvgIpc) is 2.28. The topological polar surface area (TPSA) is 29.5 Å². The smallest absolute Gasteiger partial charge is 0.0633 e. The van der Waals surface area contributed by atoms with Crippen molar-refractivity contribution >= 4 is 0 Å². The number of rotatable bonds is 2. The van der Waals surface area contributed by atoms with Crippen LogP contribution < -0.4 is 0 Å². The Hall–Kier alpha value is -0.0800. The van der Waals surface area contributed by atoms with Crippen LogP contribution in [0.3, 0.4) is 0 Å². The summed E-state index contributed by atoms with van der Waals surface area (Å²) < 4.78 is 5.58. The van der Waals surface area contributed by atoms with Crippen molar-refractivity contribution in [3.05, 3.63) is 0 Å². The molecule has 1 unspecified atom stereocenters. The molecule has 0 spiro atoms. The third-order valence-corrected chi connectivity index (χ3v) is 2.66. The van der Waals surface area contributed by atoms with Crippen LogP contribution in [0.5, 0.6) is 0 Å². The zero-order valence-corrected chi connectivity index (χ0v) is 7.68. The highest BCUT2D eigenvalue weighted by Crippen LogP contribution is 2.40. The third kappa shape index (κ3) is 1.74. The number of hydrogen-bond donors (Lipinski definition) is 1. The maximum absolute atomic E-state index is 9.17. The van der Waals surface area contributed by atoms with Crippen molar-refractivity contribution in [3.8, 4) is 0 Å². The Balaban J connectivity index is 2.62. The summed E-state index contributed by atoms with van der Waals surface area (Å²) in [5, 5.41) is 9.17. The summed E-state index contributed by atoms with van der Waals surface area (Å²) in [7, 11) is 0. The van der Waals surface area contributed by atoms with E-state index in [1.165, 1.54) is 0 Å². The highest BCUT2D eigenvalue weighted by atomic mass is 16.5. The monoisotopic (exact) mass is 158 g/mol. The summed E-state index contributed by atoms with van der Waals surface area (Å²) in [6.45, 7) is 7.25. The number of aliphatic hydroxyl groups is 1. The quantitative estimate of drug-likeness (QED) is 0.661. The molecule has 1 heterocycles. The fraction of sp³-hybridized carbons (Fsp3) is 1.00. The second kappa shape index (κ2) is 2.76. The van der Waals surface area contributed by atoms with Crippen molar-refractivity contribution in [2.75, 3.05) is 13.2 Å². The number of ether oxygens (including phenoxy) is 1. The minimum absolute atomic E-state index is 0.0290. The molecule has 0 aromatic rings. The van der Waals surface area contributed by atoms with Gasteiger partial charge in [0.05, 0.1) is 18.8 Å². The predicted octanol–water partition coefficient (Wildman–Crippen LogP) is 1.57. The summed E-state index contributed by atoms with van der Waals surface area (Å²) in [4.78, 5) is 0. The van der Waals surface area contributed by atoms with Gasteiger partial charge in [-0.15, -0.1) is 0 Å². The van der Waals surface area contributed by atoms with Crippen molar-refractivity contribution in [3.63, 3.8) is 0 Å². The minimum Gasteiger partial charge on any atom is -0.396 e. The van der Waals surface area contributed by atoms with Gasteiger partial charge >= 0.3 is 0 Å². The van der Waals surface area contributed by atoms with Gasteiger partial charge in [0, 0.05) is 5.41 Å². The van der Waals surface area contributed by atoms with Crippen molar-refractivity contribution in [2.45, 2.75) is 39.2 Å². The molecule has 1 saturated heterocycles. The molecule has 1 aliphatic heterocycles. The molecule has 1 atom stereocenters. The second-order valence-electron chi connectivity index (χ2n) is 4.24. The van der Waals surface area contributed by atoms with E-state index in [1.807, 2.05) is 0 Å². The number of hydrogen-bond acceptors (Lipinski definition) is 2. The Morgan fingerprint density at radius 3 is 2.27 bits per heavy atom. The molecule has 0 amide bonds. The van der Waals surface area contributed by atoms with Gasteiger partial charge in [-0.25, -0.2) is 0 Å². The van der Waals surface area contributed by atoms with Crippen molar-refractivity contribution < 1.29 is 9.84 Å². The van der Waals surface area contributed by atoms with Gasteiger partial charge in [-0.2, -0.15) is 0 Å². The molecule has 66 valence electrons. The zero-order valence-electron chi connectivity index (χ0n) is 7.68. The van der Waals surface area contributed by atoms with Gasteiger partial charge in [0.15, 0.2) is 0 Å². The van der Waals surface area contributed by atoms with Crippen LogP contribution in [-0.4, -0.2) is 23.9 Å². The highest BCUT2D eigenvalue weighted by molar-refractivity contribution is 4.91. The van der Waals surface area contributed by atoms with Gasteiger partial charge in [-0.1, -0.05) is 6.92 Å². The first-order valence-corrected chi connectivity index (χ1v) is 4.28. The van der Waals surface area contributed by atoms with Crippen LogP contribution in [-0.2, 0) is 4.74 Å². The van der Waals surface area contributed by atoms with Crippen molar-refractivity contribution in [1.82, 2.24) is 0 Å². The fourth-order valence-electron chi connectivity index (χ4n) is 1.79. The molecule has 1 rings (SSSR count). The summed E-state index contributed by atoms with van der Waals surface area (Å²) >= 11 is 0. The lowest BCUT2D eigenvalue weighted by Crippen LogP contribution is -2.26. The third-order valence-electron chi connectivity index (χ3n) is 2.66. The Bertz CT molecular complexity index is 136. The molecule has 2 heteroatoms. The Morgan fingerprint density at radius 2 is 2.09 bits per heavy atom. The van der Waals surface area contributed by atoms with Gasteiger partial charge < -0.3 is 9.84 Å². The Morgan fingerprint density at radius 1 is 1.45 bits per heavy atom.